The number of rotatable bonds is 2. The summed E-state index contributed by atoms with van der Waals surface area (Å²) in [7, 11) is 0. The lowest BCUT2D eigenvalue weighted by atomic mass is 9.88. The molecule has 0 spiro atoms. The van der Waals surface area contributed by atoms with Crippen LogP contribution < -0.4 is 5.73 Å². The van der Waals surface area contributed by atoms with Crippen LogP contribution in [-0.4, -0.2) is 28.0 Å². The minimum atomic E-state index is -1.19. The van der Waals surface area contributed by atoms with Crippen molar-refractivity contribution in [2.24, 2.45) is 5.73 Å². The van der Waals surface area contributed by atoms with E-state index in [0.717, 1.165) is 0 Å². The maximum Gasteiger partial charge on any atom is 0.102 e. The maximum atomic E-state index is 9.28. The normalized spacial score (nSPS) is 19.3. The molecule has 3 nitrogen and oxygen atoms in total. The first kappa shape index (κ1) is 8.88. The van der Waals surface area contributed by atoms with Crippen molar-refractivity contribution >= 4 is 0 Å². The second kappa shape index (κ2) is 2.25. The summed E-state index contributed by atoms with van der Waals surface area (Å²) in [6.07, 6.45) is 0. The summed E-state index contributed by atoms with van der Waals surface area (Å²) in [6, 6.07) is 0. The van der Waals surface area contributed by atoms with E-state index in [-0.39, 0.29) is 6.54 Å². The van der Waals surface area contributed by atoms with E-state index in [0.29, 0.717) is 0 Å². The monoisotopic (exact) mass is 133 g/mol. The average Bonchev–Trinajstić information content (AvgIpc) is 1.64. The van der Waals surface area contributed by atoms with E-state index in [9.17, 15) is 10.2 Å². The predicted molar refractivity (Wildman–Crippen MR) is 36.0 cm³/mol. The van der Waals surface area contributed by atoms with Gasteiger partial charge in [0.2, 0.25) is 0 Å². The summed E-state index contributed by atoms with van der Waals surface area (Å²) < 4.78 is 0. The molecule has 0 aliphatic carbocycles. The van der Waals surface area contributed by atoms with Gasteiger partial charge in [0.15, 0.2) is 0 Å². The van der Waals surface area contributed by atoms with E-state index < -0.39 is 11.2 Å². The Morgan fingerprint density at radius 3 is 1.56 bits per heavy atom. The van der Waals surface area contributed by atoms with Gasteiger partial charge >= 0.3 is 0 Å². The highest BCUT2D eigenvalue weighted by atomic mass is 16.4. The molecule has 3 heteroatoms. The van der Waals surface area contributed by atoms with Crippen molar-refractivity contribution < 1.29 is 10.2 Å². The molecule has 0 heterocycles. The Kier molecular flexibility index (Phi) is 2.22. The molecule has 0 saturated heterocycles. The lowest BCUT2D eigenvalue weighted by Gasteiger charge is -2.34. The molecule has 0 aromatic heterocycles. The molecule has 0 fully saturated rings. The molecule has 1 atom stereocenters. The Labute approximate surface area is 55.5 Å². The first-order chi connectivity index (χ1) is 3.81. The first-order valence-electron chi connectivity index (χ1n) is 2.96. The lowest BCUT2D eigenvalue weighted by Crippen LogP contribution is -2.52. The lowest BCUT2D eigenvalue weighted by molar-refractivity contribution is -0.113. The van der Waals surface area contributed by atoms with E-state index in [1.54, 1.807) is 0 Å². The molecule has 56 valence electrons. The summed E-state index contributed by atoms with van der Waals surface area (Å²) in [5.41, 5.74) is 2.87. The van der Waals surface area contributed by atoms with Gasteiger partial charge in [0.25, 0.3) is 0 Å². The van der Waals surface area contributed by atoms with E-state index in [1.165, 1.54) is 20.8 Å². The zero-order valence-electron chi connectivity index (χ0n) is 6.18. The maximum absolute atomic E-state index is 9.28. The zero-order valence-corrected chi connectivity index (χ0v) is 6.18. The van der Waals surface area contributed by atoms with Gasteiger partial charge in [-0.2, -0.15) is 0 Å². The van der Waals surface area contributed by atoms with Crippen molar-refractivity contribution in [1.29, 1.82) is 0 Å². The Hall–Kier alpha value is -0.120. The van der Waals surface area contributed by atoms with Crippen molar-refractivity contribution in [3.8, 4) is 0 Å². The number of nitrogens with two attached hydrogens (primary N) is 1. The van der Waals surface area contributed by atoms with Gasteiger partial charge in [-0.1, -0.05) is 0 Å². The van der Waals surface area contributed by atoms with Gasteiger partial charge in [-0.25, -0.2) is 0 Å². The molecule has 0 radical (unpaired) electrons. The molecule has 0 aliphatic heterocycles. The Balaban J connectivity index is 4.14. The minimum absolute atomic E-state index is 0.0660. The van der Waals surface area contributed by atoms with E-state index in [1.807, 2.05) is 0 Å². The van der Waals surface area contributed by atoms with Crippen molar-refractivity contribution in [2.75, 3.05) is 6.54 Å². The fraction of sp³-hybridized carbons (Fsp3) is 1.00. The molecular formula is C6H15NO2. The van der Waals surface area contributed by atoms with Gasteiger partial charge in [0, 0.05) is 6.54 Å². The molecule has 0 aromatic carbocycles. The molecule has 0 rings (SSSR count). The molecule has 0 aliphatic rings. The predicted octanol–water partition coefficient (Wildman–Crippen LogP) is -0.533. The largest absolute Gasteiger partial charge is 0.387 e. The van der Waals surface area contributed by atoms with Crippen LogP contribution in [-0.2, 0) is 0 Å². The van der Waals surface area contributed by atoms with E-state index in [2.05, 4.69) is 0 Å². The summed E-state index contributed by atoms with van der Waals surface area (Å²) in [6.45, 7) is 4.63. The molecule has 0 bridgehead atoms. The highest BCUT2D eigenvalue weighted by Gasteiger charge is 2.35. The smallest absolute Gasteiger partial charge is 0.102 e. The zero-order chi connectivity index (χ0) is 7.71. The van der Waals surface area contributed by atoms with Crippen LogP contribution in [0.15, 0.2) is 0 Å². The van der Waals surface area contributed by atoms with Crippen LogP contribution in [0.25, 0.3) is 0 Å². The third-order valence-corrected chi connectivity index (χ3v) is 1.72. The summed E-state index contributed by atoms with van der Waals surface area (Å²) >= 11 is 0. The second-order valence-corrected chi connectivity index (χ2v) is 3.04. The van der Waals surface area contributed by atoms with Crippen molar-refractivity contribution in [3.63, 3.8) is 0 Å². The molecule has 1 unspecified atom stereocenters. The van der Waals surface area contributed by atoms with Crippen LogP contribution in [0.4, 0.5) is 0 Å². The van der Waals surface area contributed by atoms with E-state index >= 15 is 0 Å². The van der Waals surface area contributed by atoms with Crippen molar-refractivity contribution in [1.82, 2.24) is 0 Å². The van der Waals surface area contributed by atoms with Gasteiger partial charge in [-0.3, -0.25) is 0 Å². The molecule has 9 heavy (non-hydrogen) atoms. The standard InChI is InChI=1S/C6H15NO2/c1-5(2,8)6(3,9)4-7/h8-9H,4,7H2,1-3H3. The molecule has 0 saturated carbocycles. The third kappa shape index (κ3) is 1.93. The highest BCUT2D eigenvalue weighted by molar-refractivity contribution is 4.90. The molecular weight excluding hydrogens is 118 g/mol. The average molecular weight is 133 g/mol. The molecule has 0 aromatic rings. The SMILES string of the molecule is CC(C)(O)C(C)(O)CN. The summed E-state index contributed by atoms with van der Waals surface area (Å²) in [5, 5.41) is 18.5. The third-order valence-electron chi connectivity index (χ3n) is 1.72. The Morgan fingerprint density at radius 1 is 1.22 bits per heavy atom. The van der Waals surface area contributed by atoms with Crippen molar-refractivity contribution in [3.05, 3.63) is 0 Å². The summed E-state index contributed by atoms with van der Waals surface area (Å²) in [4.78, 5) is 0. The van der Waals surface area contributed by atoms with Gasteiger partial charge < -0.3 is 15.9 Å². The second-order valence-electron chi connectivity index (χ2n) is 3.04. The molecule has 4 N–H and O–H groups in total. The first-order valence-corrected chi connectivity index (χ1v) is 2.96. The van der Waals surface area contributed by atoms with Crippen LogP contribution in [0.2, 0.25) is 0 Å². The Bertz CT molecular complexity index is 93.7. The van der Waals surface area contributed by atoms with Crippen LogP contribution in [0.1, 0.15) is 20.8 Å². The van der Waals surface area contributed by atoms with Gasteiger partial charge in [0.1, 0.15) is 5.60 Å². The minimum Gasteiger partial charge on any atom is -0.387 e. The summed E-state index contributed by atoms with van der Waals surface area (Å²) in [5.74, 6) is 0. The van der Waals surface area contributed by atoms with Gasteiger partial charge in [-0.15, -0.1) is 0 Å². The van der Waals surface area contributed by atoms with Crippen molar-refractivity contribution in [2.45, 2.75) is 32.0 Å². The van der Waals surface area contributed by atoms with Crippen LogP contribution >= 0.6 is 0 Å². The molecule has 0 amide bonds. The van der Waals surface area contributed by atoms with Crippen LogP contribution in [0.5, 0.6) is 0 Å². The quantitative estimate of drug-likeness (QED) is 0.474. The Morgan fingerprint density at radius 2 is 1.56 bits per heavy atom. The number of aliphatic hydroxyl groups is 2. The fourth-order valence-corrected chi connectivity index (χ4v) is 0.250. The van der Waals surface area contributed by atoms with Gasteiger partial charge in [0.05, 0.1) is 5.60 Å². The fourth-order valence-electron chi connectivity index (χ4n) is 0.250. The van der Waals surface area contributed by atoms with Gasteiger partial charge in [-0.05, 0) is 20.8 Å². The number of hydrogen-bond acceptors (Lipinski definition) is 3. The number of hydrogen-bond donors (Lipinski definition) is 3. The highest BCUT2D eigenvalue weighted by Crippen LogP contribution is 2.18. The topological polar surface area (TPSA) is 66.5 Å². The van der Waals surface area contributed by atoms with E-state index in [4.69, 9.17) is 5.73 Å². The van der Waals surface area contributed by atoms with Crippen LogP contribution in [0, 0.1) is 0 Å². The van der Waals surface area contributed by atoms with Crippen LogP contribution in [0.3, 0.4) is 0 Å².